The lowest BCUT2D eigenvalue weighted by Crippen LogP contribution is -2.44. The van der Waals surface area contributed by atoms with Crippen molar-refractivity contribution in [3.8, 4) is 0 Å². The smallest absolute Gasteiger partial charge is 0.229 e. The van der Waals surface area contributed by atoms with E-state index in [4.69, 9.17) is 4.98 Å². The minimum Gasteiger partial charge on any atom is -0.361 e. The van der Waals surface area contributed by atoms with Crippen molar-refractivity contribution in [3.63, 3.8) is 0 Å². The number of hydrogen-bond donors (Lipinski definition) is 5. The van der Waals surface area contributed by atoms with Crippen LogP contribution in [-0.2, 0) is 13.1 Å². The summed E-state index contributed by atoms with van der Waals surface area (Å²) in [6.07, 6.45) is 10.6. The number of anilines is 2. The molecular formula is C23H39N13. The molecule has 0 spiro atoms. The molecule has 0 radical (unpaired) electrons. The minimum atomic E-state index is 0.429. The molecular weight excluding hydrogens is 458 g/mol. The van der Waals surface area contributed by atoms with Crippen LogP contribution in [0.25, 0.3) is 11.2 Å². The van der Waals surface area contributed by atoms with E-state index < -0.39 is 0 Å². The van der Waals surface area contributed by atoms with Crippen LogP contribution >= 0.6 is 0 Å². The van der Waals surface area contributed by atoms with E-state index in [1.807, 2.05) is 0 Å². The van der Waals surface area contributed by atoms with Gasteiger partial charge in [0.15, 0.2) is 17.3 Å². The summed E-state index contributed by atoms with van der Waals surface area (Å²) < 4.78 is 0. The third kappa shape index (κ3) is 6.86. The molecule has 13 heteroatoms. The zero-order chi connectivity index (χ0) is 24.4. The molecule has 2 fully saturated rings. The molecule has 0 atom stereocenters. The highest BCUT2D eigenvalue weighted by Crippen LogP contribution is 2.21. The number of nitrogens with one attached hydrogen (secondary N) is 5. The van der Waals surface area contributed by atoms with E-state index in [2.05, 4.69) is 56.5 Å². The lowest BCUT2D eigenvalue weighted by atomic mass is 9.95. The molecule has 3 aromatic rings. The molecule has 1 saturated carbocycles. The molecule has 4 heterocycles. The van der Waals surface area contributed by atoms with Gasteiger partial charge in [0, 0.05) is 32.2 Å². The lowest BCUT2D eigenvalue weighted by molar-refractivity contribution is 0.370. The summed E-state index contributed by atoms with van der Waals surface area (Å²) in [6, 6.07) is 0.745. The van der Waals surface area contributed by atoms with Gasteiger partial charge in [-0.2, -0.15) is 14.8 Å². The number of aromatic nitrogens is 8. The highest BCUT2D eigenvalue weighted by Gasteiger charge is 2.17. The van der Waals surface area contributed by atoms with E-state index in [1.165, 1.54) is 32.1 Å². The summed E-state index contributed by atoms with van der Waals surface area (Å²) in [5, 5.41) is 26.8. The molecule has 1 aliphatic heterocycles. The summed E-state index contributed by atoms with van der Waals surface area (Å²) in [7, 11) is 0. The standard InChI is InChI=1S/C23H39N13/c1-2-6-18(7-3-1)26-10-4-8-24-9-5-13-36-33-19(32-34-36)16-27-21-20-22(29-17-28-20)31-23(30-21)35-14-11-25-12-15-35/h17-18,24-26H,1-16H2,(H2,27,28,29,30,31). The van der Waals surface area contributed by atoms with E-state index in [9.17, 15) is 0 Å². The average molecular weight is 498 g/mol. The Balaban J connectivity index is 1.02. The van der Waals surface area contributed by atoms with Crippen molar-refractivity contribution < 1.29 is 0 Å². The van der Waals surface area contributed by atoms with Crippen LogP contribution in [-0.4, -0.2) is 92.0 Å². The van der Waals surface area contributed by atoms with Gasteiger partial charge in [-0.25, -0.2) is 4.98 Å². The lowest BCUT2D eigenvalue weighted by Gasteiger charge is -2.27. The Bertz CT molecular complexity index is 1050. The minimum absolute atomic E-state index is 0.429. The molecule has 5 rings (SSSR count). The summed E-state index contributed by atoms with van der Waals surface area (Å²) in [5.41, 5.74) is 1.43. The van der Waals surface area contributed by atoms with Gasteiger partial charge >= 0.3 is 0 Å². The Kier molecular flexibility index (Phi) is 8.86. The maximum Gasteiger partial charge on any atom is 0.229 e. The molecule has 1 saturated heterocycles. The average Bonchev–Trinajstić information content (AvgIpc) is 3.59. The van der Waals surface area contributed by atoms with Gasteiger partial charge in [-0.05, 0) is 50.5 Å². The number of imidazole rings is 1. The number of aryl methyl sites for hydroxylation is 1. The first kappa shape index (κ1) is 24.8. The molecule has 3 aromatic heterocycles. The fourth-order valence-electron chi connectivity index (χ4n) is 4.86. The predicted molar refractivity (Wildman–Crippen MR) is 139 cm³/mol. The number of H-pyrrole nitrogens is 1. The van der Waals surface area contributed by atoms with Crippen LogP contribution in [0.1, 0.15) is 50.8 Å². The Morgan fingerprint density at radius 2 is 1.86 bits per heavy atom. The highest BCUT2D eigenvalue weighted by molar-refractivity contribution is 5.83. The molecule has 0 unspecified atom stereocenters. The molecule has 0 amide bonds. The Morgan fingerprint density at radius 3 is 2.75 bits per heavy atom. The Hall–Kier alpha value is -2.90. The first-order valence-corrected chi connectivity index (χ1v) is 13.5. The van der Waals surface area contributed by atoms with Crippen LogP contribution in [0.5, 0.6) is 0 Å². The quantitative estimate of drug-likeness (QED) is 0.212. The third-order valence-electron chi connectivity index (χ3n) is 6.86. The summed E-state index contributed by atoms with van der Waals surface area (Å²) in [6.45, 7) is 7.85. The summed E-state index contributed by atoms with van der Waals surface area (Å²) in [5.74, 6) is 2.02. The van der Waals surface area contributed by atoms with E-state index in [0.717, 1.165) is 76.8 Å². The van der Waals surface area contributed by atoms with Gasteiger partial charge in [-0.3, -0.25) is 0 Å². The number of rotatable bonds is 13. The molecule has 13 nitrogen and oxygen atoms in total. The Labute approximate surface area is 211 Å². The van der Waals surface area contributed by atoms with Gasteiger partial charge in [0.25, 0.3) is 0 Å². The molecule has 2 aliphatic rings. The normalized spacial score (nSPS) is 17.2. The van der Waals surface area contributed by atoms with Gasteiger partial charge in [0.05, 0.1) is 19.4 Å². The van der Waals surface area contributed by atoms with Crippen LogP contribution < -0.4 is 26.2 Å². The number of fused-ring (bicyclic) bond motifs is 1. The van der Waals surface area contributed by atoms with E-state index in [0.29, 0.717) is 29.8 Å². The van der Waals surface area contributed by atoms with Crippen LogP contribution in [0.2, 0.25) is 0 Å². The van der Waals surface area contributed by atoms with Gasteiger partial charge < -0.3 is 31.2 Å². The monoisotopic (exact) mass is 497 g/mol. The Morgan fingerprint density at radius 1 is 1.00 bits per heavy atom. The van der Waals surface area contributed by atoms with Crippen molar-refractivity contribution in [2.24, 2.45) is 0 Å². The number of tetrazole rings is 1. The fourth-order valence-corrected chi connectivity index (χ4v) is 4.86. The molecule has 196 valence electrons. The van der Waals surface area contributed by atoms with Gasteiger partial charge in [0.2, 0.25) is 5.95 Å². The topological polar surface area (TPSA) is 149 Å². The predicted octanol–water partition coefficient (Wildman–Crippen LogP) is 0.653. The van der Waals surface area contributed by atoms with Gasteiger partial charge in [0.1, 0.15) is 5.52 Å². The van der Waals surface area contributed by atoms with E-state index >= 15 is 0 Å². The van der Waals surface area contributed by atoms with Crippen molar-refractivity contribution in [1.29, 1.82) is 0 Å². The molecule has 0 aromatic carbocycles. The second-order valence-corrected chi connectivity index (χ2v) is 9.61. The van der Waals surface area contributed by atoms with Crippen molar-refractivity contribution in [1.82, 2.24) is 56.1 Å². The maximum atomic E-state index is 4.75. The SMILES string of the molecule is c1nc2nc(N3CCNCC3)nc(NCc3nnn(CCCNCCCNC4CCCCC4)n3)c2[nH]1. The molecule has 0 bridgehead atoms. The van der Waals surface area contributed by atoms with Crippen LogP contribution in [0.15, 0.2) is 6.33 Å². The van der Waals surface area contributed by atoms with Gasteiger partial charge in [-0.15, -0.1) is 10.2 Å². The number of aromatic amines is 1. The van der Waals surface area contributed by atoms with Crippen molar-refractivity contribution in [2.45, 2.75) is 64.1 Å². The van der Waals surface area contributed by atoms with Crippen molar-refractivity contribution in [3.05, 3.63) is 12.2 Å². The largest absolute Gasteiger partial charge is 0.361 e. The zero-order valence-electron chi connectivity index (χ0n) is 21.0. The number of nitrogens with zero attached hydrogens (tertiary/aromatic N) is 8. The van der Waals surface area contributed by atoms with Crippen LogP contribution in [0, 0.1) is 0 Å². The second-order valence-electron chi connectivity index (χ2n) is 9.61. The van der Waals surface area contributed by atoms with Crippen LogP contribution in [0.4, 0.5) is 11.8 Å². The molecule has 5 N–H and O–H groups in total. The van der Waals surface area contributed by atoms with E-state index in [1.54, 1.807) is 11.1 Å². The first-order chi connectivity index (χ1) is 17.8. The molecule has 1 aliphatic carbocycles. The fraction of sp³-hybridized carbons (Fsp3) is 0.739. The van der Waals surface area contributed by atoms with Gasteiger partial charge in [-0.1, -0.05) is 19.3 Å². The highest BCUT2D eigenvalue weighted by atomic mass is 15.6. The third-order valence-corrected chi connectivity index (χ3v) is 6.86. The summed E-state index contributed by atoms with van der Waals surface area (Å²) >= 11 is 0. The van der Waals surface area contributed by atoms with Crippen molar-refractivity contribution >= 4 is 22.9 Å². The van der Waals surface area contributed by atoms with Crippen molar-refractivity contribution in [2.75, 3.05) is 56.0 Å². The second kappa shape index (κ2) is 12.9. The summed E-state index contributed by atoms with van der Waals surface area (Å²) in [4.78, 5) is 20.7. The number of piperazine rings is 1. The number of hydrogen-bond acceptors (Lipinski definition) is 11. The zero-order valence-corrected chi connectivity index (χ0v) is 21.0. The van der Waals surface area contributed by atoms with E-state index in [-0.39, 0.29) is 0 Å². The maximum absolute atomic E-state index is 4.75. The van der Waals surface area contributed by atoms with Crippen LogP contribution in [0.3, 0.4) is 0 Å². The molecule has 36 heavy (non-hydrogen) atoms. The first-order valence-electron chi connectivity index (χ1n) is 13.5.